The lowest BCUT2D eigenvalue weighted by Gasteiger charge is -2.27. The van der Waals surface area contributed by atoms with Crippen LogP contribution in [-0.2, 0) is 18.0 Å². The van der Waals surface area contributed by atoms with Crippen molar-refractivity contribution in [3.05, 3.63) is 87.8 Å². The van der Waals surface area contributed by atoms with Crippen LogP contribution >= 0.6 is 15.9 Å². The summed E-state index contributed by atoms with van der Waals surface area (Å²) in [5.41, 5.74) is 2.28. The molecule has 5 aromatic rings. The first kappa shape index (κ1) is 26.1. The highest BCUT2D eigenvalue weighted by Crippen LogP contribution is 2.40. The van der Waals surface area contributed by atoms with Gasteiger partial charge in [0.05, 0.1) is 12.2 Å². The minimum absolute atomic E-state index is 0.0504. The second-order valence-electron chi connectivity index (χ2n) is 9.91. The second-order valence-corrected chi connectivity index (χ2v) is 10.8. The van der Waals surface area contributed by atoms with Crippen LogP contribution in [0, 0.1) is 0 Å². The summed E-state index contributed by atoms with van der Waals surface area (Å²) < 4.78 is 3.95. The van der Waals surface area contributed by atoms with Crippen LogP contribution in [0.25, 0.3) is 33.1 Å². The molecule has 2 aromatic carbocycles. The number of nitrogens with zero attached hydrogens (tertiary/aromatic N) is 6. The molecule has 1 amide bonds. The van der Waals surface area contributed by atoms with Crippen molar-refractivity contribution < 1.29 is 9.90 Å². The zero-order valence-electron chi connectivity index (χ0n) is 21.7. The van der Waals surface area contributed by atoms with E-state index in [-0.39, 0.29) is 23.7 Å². The highest BCUT2D eigenvalue weighted by atomic mass is 79.9. The number of benzene rings is 2. The molecule has 0 saturated carbocycles. The number of carbonyl (C=O) groups excluding carboxylic acids is 1. The molecule has 0 bridgehead atoms. The van der Waals surface area contributed by atoms with Crippen LogP contribution in [0.15, 0.2) is 92.4 Å². The number of likely N-dealkylation sites (tertiary alicyclic amines) is 1. The van der Waals surface area contributed by atoms with Gasteiger partial charge in [0.15, 0.2) is 5.69 Å². The third kappa shape index (κ3) is 5.07. The topological polar surface area (TPSA) is 105 Å². The quantitative estimate of drug-likeness (QED) is 0.233. The van der Waals surface area contributed by atoms with Crippen LogP contribution in [0.3, 0.4) is 0 Å². The van der Waals surface area contributed by atoms with Crippen molar-refractivity contribution in [2.75, 3.05) is 13.1 Å². The number of halogens is 1. The van der Waals surface area contributed by atoms with E-state index >= 15 is 0 Å². The Kier molecular flexibility index (Phi) is 7.27. The molecular formula is C30H27BrN6O3. The average Bonchev–Trinajstić information content (AvgIpc) is 3.23. The average molecular weight is 599 g/mol. The maximum Gasteiger partial charge on any atom is 0.284 e. The predicted octanol–water partition coefficient (Wildman–Crippen LogP) is 6.24. The summed E-state index contributed by atoms with van der Waals surface area (Å²) in [4.78, 5) is 33.3. The van der Waals surface area contributed by atoms with Crippen LogP contribution in [0.4, 0.5) is 5.69 Å². The Hall–Kier alpha value is -4.15. The van der Waals surface area contributed by atoms with E-state index in [1.807, 2.05) is 54.6 Å². The number of hydrogen-bond donors (Lipinski definition) is 1. The normalized spacial score (nSPS) is 14.4. The molecule has 4 heterocycles. The van der Waals surface area contributed by atoms with E-state index in [9.17, 15) is 14.7 Å². The number of aromatic nitrogens is 3. The number of rotatable bonds is 6. The number of fused-ring (bicyclic) bond motifs is 2. The van der Waals surface area contributed by atoms with Gasteiger partial charge in [-0.15, -0.1) is 10.2 Å². The number of aromatic hydroxyl groups is 1. The van der Waals surface area contributed by atoms with E-state index in [1.54, 1.807) is 22.9 Å². The van der Waals surface area contributed by atoms with Crippen LogP contribution in [0.2, 0.25) is 0 Å². The molecule has 0 unspecified atom stereocenters. The van der Waals surface area contributed by atoms with E-state index in [1.165, 1.54) is 11.0 Å². The second kappa shape index (κ2) is 11.1. The molecule has 1 aliphatic rings. The Balaban J connectivity index is 1.35. The number of amides is 1. The van der Waals surface area contributed by atoms with Gasteiger partial charge in [-0.25, -0.2) is 4.98 Å². The molecule has 202 valence electrons. The first-order valence-corrected chi connectivity index (χ1v) is 14.0. The number of hydrogen-bond acceptors (Lipinski definition) is 6. The summed E-state index contributed by atoms with van der Waals surface area (Å²) in [5, 5.41) is 20.7. The maximum absolute atomic E-state index is 13.5. The monoisotopic (exact) mass is 598 g/mol. The van der Waals surface area contributed by atoms with Gasteiger partial charge in [-0.05, 0) is 67.9 Å². The van der Waals surface area contributed by atoms with E-state index < -0.39 is 5.91 Å². The molecule has 3 aromatic heterocycles. The van der Waals surface area contributed by atoms with Gasteiger partial charge in [0.2, 0.25) is 5.88 Å². The Morgan fingerprint density at radius 3 is 2.58 bits per heavy atom. The molecule has 6 rings (SSSR count). The van der Waals surface area contributed by atoms with Crippen molar-refractivity contribution in [1.29, 1.82) is 0 Å². The number of piperidine rings is 1. The van der Waals surface area contributed by atoms with Gasteiger partial charge in [0.1, 0.15) is 12.2 Å². The van der Waals surface area contributed by atoms with E-state index in [0.717, 1.165) is 46.9 Å². The fourth-order valence-corrected chi connectivity index (χ4v) is 5.65. The molecule has 0 atom stereocenters. The zero-order chi connectivity index (χ0) is 27.6. The van der Waals surface area contributed by atoms with Crippen LogP contribution in [0.5, 0.6) is 5.88 Å². The maximum atomic E-state index is 13.5. The lowest BCUT2D eigenvalue weighted by molar-refractivity contribution is -0.118. The molecule has 10 heteroatoms. The van der Waals surface area contributed by atoms with Crippen molar-refractivity contribution in [3.63, 3.8) is 0 Å². The fourth-order valence-electron chi connectivity index (χ4n) is 5.29. The lowest BCUT2D eigenvalue weighted by atomic mass is 10.1. The molecule has 9 nitrogen and oxygen atoms in total. The summed E-state index contributed by atoms with van der Waals surface area (Å²) in [6, 6.07) is 20.4. The molecule has 0 radical (unpaired) electrons. The third-order valence-electron chi connectivity index (χ3n) is 7.25. The summed E-state index contributed by atoms with van der Waals surface area (Å²) in [6.07, 6.45) is 5.05. The third-order valence-corrected chi connectivity index (χ3v) is 7.74. The summed E-state index contributed by atoms with van der Waals surface area (Å²) in [7, 11) is 0. The lowest BCUT2D eigenvalue weighted by Crippen LogP contribution is -2.31. The van der Waals surface area contributed by atoms with Gasteiger partial charge in [-0.1, -0.05) is 52.7 Å². The van der Waals surface area contributed by atoms with Gasteiger partial charge < -0.3 is 5.11 Å². The molecule has 40 heavy (non-hydrogen) atoms. The molecule has 0 aliphatic carbocycles. The molecular weight excluding hydrogens is 572 g/mol. The first-order valence-electron chi connectivity index (χ1n) is 13.2. The van der Waals surface area contributed by atoms with Gasteiger partial charge in [-0.3, -0.25) is 23.6 Å². The predicted molar refractivity (Wildman–Crippen MR) is 158 cm³/mol. The fraction of sp³-hybridized carbons (Fsp3) is 0.233. The Morgan fingerprint density at radius 2 is 1.77 bits per heavy atom. The van der Waals surface area contributed by atoms with Crippen molar-refractivity contribution >= 4 is 49.5 Å². The molecule has 0 spiro atoms. The Bertz CT molecular complexity index is 1810. The highest BCUT2D eigenvalue weighted by molar-refractivity contribution is 9.10. The summed E-state index contributed by atoms with van der Waals surface area (Å²) in [5.74, 6) is -0.684. The standard InChI is InChI=1S/C30H27BrN6O3/c31-22-11-12-25-24(17-22)27(30(40)37(25)19-35-14-5-2-6-15-35)34-33-26(38)18-36-28-21(10-7-13-32-28)16-23(29(36)39)20-8-3-1-4-9-20/h1,3-4,7-13,16-17,40H,2,5-6,14-15,18-19H2. The number of azo groups is 1. The van der Waals surface area contributed by atoms with Crippen LogP contribution < -0.4 is 5.56 Å². The van der Waals surface area contributed by atoms with E-state index in [0.29, 0.717) is 23.3 Å². The smallest absolute Gasteiger partial charge is 0.284 e. The number of carbonyl (C=O) groups is 1. The van der Waals surface area contributed by atoms with Crippen molar-refractivity contribution in [3.8, 4) is 17.0 Å². The molecule has 1 aliphatic heterocycles. The highest BCUT2D eigenvalue weighted by Gasteiger charge is 2.21. The van der Waals surface area contributed by atoms with Gasteiger partial charge in [0, 0.05) is 27.0 Å². The van der Waals surface area contributed by atoms with Crippen molar-refractivity contribution in [1.82, 2.24) is 19.0 Å². The Labute approximate surface area is 238 Å². The van der Waals surface area contributed by atoms with Crippen molar-refractivity contribution in [2.45, 2.75) is 32.5 Å². The number of pyridine rings is 2. The molecule has 1 fully saturated rings. The molecule has 1 N–H and O–H groups in total. The minimum atomic E-state index is -0.634. The SMILES string of the molecule is O=C(Cn1c(=O)c(-c2ccccc2)cc2cccnc21)N=Nc1c(O)n(CN2CCCCC2)c2ccc(Br)cc12. The van der Waals surface area contributed by atoms with Crippen LogP contribution in [-0.4, -0.2) is 43.1 Å². The van der Waals surface area contributed by atoms with E-state index in [4.69, 9.17) is 0 Å². The molecule has 1 saturated heterocycles. The summed E-state index contributed by atoms with van der Waals surface area (Å²) >= 11 is 3.49. The Morgan fingerprint density at radius 1 is 0.975 bits per heavy atom. The first-order chi connectivity index (χ1) is 19.5. The summed E-state index contributed by atoms with van der Waals surface area (Å²) in [6.45, 7) is 2.10. The largest absolute Gasteiger partial charge is 0.493 e. The van der Waals surface area contributed by atoms with Crippen LogP contribution in [0.1, 0.15) is 19.3 Å². The van der Waals surface area contributed by atoms with E-state index in [2.05, 4.69) is 36.0 Å². The zero-order valence-corrected chi connectivity index (χ0v) is 23.3. The minimum Gasteiger partial charge on any atom is -0.493 e. The van der Waals surface area contributed by atoms with Gasteiger partial charge in [0.25, 0.3) is 11.5 Å². The van der Waals surface area contributed by atoms with Crippen molar-refractivity contribution in [2.24, 2.45) is 10.2 Å². The van der Waals surface area contributed by atoms with Gasteiger partial charge >= 0.3 is 0 Å². The van der Waals surface area contributed by atoms with Gasteiger partial charge in [-0.2, -0.15) is 0 Å².